The summed E-state index contributed by atoms with van der Waals surface area (Å²) in [6.45, 7) is 5.85. The van der Waals surface area contributed by atoms with Crippen molar-refractivity contribution in [1.82, 2.24) is 4.98 Å². The maximum atomic E-state index is 13.3. The largest absolute Gasteiger partial charge is 0.314 e. The van der Waals surface area contributed by atoms with E-state index in [1.165, 1.54) is 17.0 Å². The SMILES string of the molecule is CC(C)c1ccc(N(C)C(=O)[C@@H](C)Cc2cc(F)cc(F)c2)cn1. The van der Waals surface area contributed by atoms with Gasteiger partial charge in [-0.25, -0.2) is 8.78 Å². The molecule has 24 heavy (non-hydrogen) atoms. The van der Waals surface area contributed by atoms with Gasteiger partial charge in [0.2, 0.25) is 5.91 Å². The van der Waals surface area contributed by atoms with Crippen LogP contribution in [0.1, 0.15) is 37.9 Å². The van der Waals surface area contributed by atoms with Gasteiger partial charge in [0.05, 0.1) is 11.9 Å². The highest BCUT2D eigenvalue weighted by atomic mass is 19.1. The molecule has 1 heterocycles. The second-order valence-corrected chi connectivity index (χ2v) is 6.38. The number of hydrogen-bond donors (Lipinski definition) is 0. The Labute approximate surface area is 141 Å². The summed E-state index contributed by atoms with van der Waals surface area (Å²) in [5.41, 5.74) is 2.12. The van der Waals surface area contributed by atoms with Crippen LogP contribution in [0.3, 0.4) is 0 Å². The van der Waals surface area contributed by atoms with E-state index in [1.807, 2.05) is 12.1 Å². The van der Waals surface area contributed by atoms with Crippen LogP contribution in [0.4, 0.5) is 14.5 Å². The Kier molecular flexibility index (Phi) is 5.65. The summed E-state index contributed by atoms with van der Waals surface area (Å²) in [5.74, 6) is -1.47. The first kappa shape index (κ1) is 18.0. The fraction of sp³-hybridized carbons (Fsp3) is 0.368. The van der Waals surface area contributed by atoms with E-state index in [0.717, 1.165) is 11.8 Å². The molecule has 2 rings (SSSR count). The number of rotatable bonds is 5. The normalized spacial score (nSPS) is 12.3. The zero-order valence-electron chi connectivity index (χ0n) is 14.4. The lowest BCUT2D eigenvalue weighted by molar-refractivity contribution is -0.121. The van der Waals surface area contributed by atoms with E-state index in [2.05, 4.69) is 18.8 Å². The van der Waals surface area contributed by atoms with Crippen LogP contribution in [-0.2, 0) is 11.2 Å². The third-order valence-corrected chi connectivity index (χ3v) is 3.97. The average Bonchev–Trinajstić information content (AvgIpc) is 2.52. The number of aromatic nitrogens is 1. The van der Waals surface area contributed by atoms with E-state index < -0.39 is 17.6 Å². The molecule has 3 nitrogen and oxygen atoms in total. The Balaban J connectivity index is 2.08. The van der Waals surface area contributed by atoms with Crippen molar-refractivity contribution in [2.45, 2.75) is 33.1 Å². The molecule has 0 aliphatic rings. The highest BCUT2D eigenvalue weighted by molar-refractivity contribution is 5.94. The standard InChI is InChI=1S/C19H22F2N2O/c1-12(2)18-6-5-17(11-22-18)23(4)19(24)13(3)7-14-8-15(20)10-16(21)9-14/h5-6,8-13H,7H2,1-4H3/t13-/m0/s1. The highest BCUT2D eigenvalue weighted by Gasteiger charge is 2.20. The molecular weight excluding hydrogens is 310 g/mol. The minimum Gasteiger partial charge on any atom is -0.314 e. The minimum atomic E-state index is -0.633. The van der Waals surface area contributed by atoms with Crippen LogP contribution in [0, 0.1) is 17.6 Å². The lowest BCUT2D eigenvalue weighted by Crippen LogP contribution is -2.32. The summed E-state index contributed by atoms with van der Waals surface area (Å²) in [6.07, 6.45) is 1.94. The number of amides is 1. The molecule has 0 fully saturated rings. The summed E-state index contributed by atoms with van der Waals surface area (Å²) in [6, 6.07) is 7.09. The van der Waals surface area contributed by atoms with E-state index in [4.69, 9.17) is 0 Å². The number of halogens is 2. The van der Waals surface area contributed by atoms with Crippen LogP contribution < -0.4 is 4.90 Å². The van der Waals surface area contributed by atoms with Crippen molar-refractivity contribution in [1.29, 1.82) is 0 Å². The smallest absolute Gasteiger partial charge is 0.229 e. The molecular formula is C19H22F2N2O. The number of benzene rings is 1. The van der Waals surface area contributed by atoms with Crippen molar-refractivity contribution in [3.63, 3.8) is 0 Å². The van der Waals surface area contributed by atoms with Crippen molar-refractivity contribution >= 4 is 11.6 Å². The molecule has 0 saturated carbocycles. The number of pyridine rings is 1. The number of hydrogen-bond acceptors (Lipinski definition) is 2. The van der Waals surface area contributed by atoms with E-state index in [1.54, 1.807) is 20.2 Å². The van der Waals surface area contributed by atoms with Gasteiger partial charge in [0, 0.05) is 24.7 Å². The average molecular weight is 332 g/mol. The van der Waals surface area contributed by atoms with E-state index >= 15 is 0 Å². The van der Waals surface area contributed by atoms with Crippen LogP contribution >= 0.6 is 0 Å². The van der Waals surface area contributed by atoms with Crippen molar-refractivity contribution in [3.8, 4) is 0 Å². The molecule has 0 radical (unpaired) electrons. The minimum absolute atomic E-state index is 0.126. The van der Waals surface area contributed by atoms with Gasteiger partial charge in [-0.15, -0.1) is 0 Å². The first-order chi connectivity index (χ1) is 11.3. The summed E-state index contributed by atoms with van der Waals surface area (Å²) in [5, 5.41) is 0. The van der Waals surface area contributed by atoms with E-state index in [-0.39, 0.29) is 12.3 Å². The predicted molar refractivity (Wildman–Crippen MR) is 91.0 cm³/mol. The first-order valence-electron chi connectivity index (χ1n) is 7.96. The third-order valence-electron chi connectivity index (χ3n) is 3.97. The fourth-order valence-corrected chi connectivity index (χ4v) is 2.56. The third kappa shape index (κ3) is 4.37. The molecule has 0 bridgehead atoms. The fourth-order valence-electron chi connectivity index (χ4n) is 2.56. The van der Waals surface area contributed by atoms with Gasteiger partial charge in [0.1, 0.15) is 11.6 Å². The van der Waals surface area contributed by atoms with Crippen molar-refractivity contribution < 1.29 is 13.6 Å². The van der Waals surface area contributed by atoms with Crippen LogP contribution in [-0.4, -0.2) is 17.9 Å². The van der Waals surface area contributed by atoms with E-state index in [0.29, 0.717) is 17.2 Å². The van der Waals surface area contributed by atoms with Gasteiger partial charge in [-0.1, -0.05) is 20.8 Å². The Hall–Kier alpha value is -2.30. The Morgan fingerprint density at radius 3 is 2.25 bits per heavy atom. The Morgan fingerprint density at radius 1 is 1.12 bits per heavy atom. The highest BCUT2D eigenvalue weighted by Crippen LogP contribution is 2.20. The van der Waals surface area contributed by atoms with Gasteiger partial charge in [0.25, 0.3) is 0 Å². The molecule has 0 saturated heterocycles. The maximum Gasteiger partial charge on any atom is 0.229 e. The second kappa shape index (κ2) is 7.51. The van der Waals surface area contributed by atoms with E-state index in [9.17, 15) is 13.6 Å². The van der Waals surface area contributed by atoms with Crippen LogP contribution in [0.5, 0.6) is 0 Å². The molecule has 1 atom stereocenters. The first-order valence-corrected chi connectivity index (χ1v) is 7.96. The van der Waals surface area contributed by atoms with Gasteiger partial charge in [0.15, 0.2) is 0 Å². The number of nitrogens with zero attached hydrogens (tertiary/aromatic N) is 2. The predicted octanol–water partition coefficient (Wildman–Crippen LogP) is 4.32. The van der Waals surface area contributed by atoms with Crippen LogP contribution in [0.15, 0.2) is 36.5 Å². The van der Waals surface area contributed by atoms with Gasteiger partial charge in [-0.3, -0.25) is 9.78 Å². The Morgan fingerprint density at radius 2 is 1.75 bits per heavy atom. The molecule has 0 spiro atoms. The lowest BCUT2D eigenvalue weighted by atomic mass is 9.99. The van der Waals surface area contributed by atoms with Gasteiger partial charge < -0.3 is 4.90 Å². The second-order valence-electron chi connectivity index (χ2n) is 6.38. The van der Waals surface area contributed by atoms with Crippen molar-refractivity contribution in [3.05, 3.63) is 59.4 Å². The molecule has 0 unspecified atom stereocenters. The zero-order valence-corrected chi connectivity index (χ0v) is 14.4. The van der Waals surface area contributed by atoms with Crippen LogP contribution in [0.25, 0.3) is 0 Å². The lowest BCUT2D eigenvalue weighted by Gasteiger charge is -2.22. The van der Waals surface area contributed by atoms with Crippen molar-refractivity contribution in [2.24, 2.45) is 5.92 Å². The summed E-state index contributed by atoms with van der Waals surface area (Å²) in [4.78, 5) is 18.4. The number of anilines is 1. The molecule has 2 aromatic rings. The van der Waals surface area contributed by atoms with Gasteiger partial charge in [-0.2, -0.15) is 0 Å². The molecule has 128 valence electrons. The summed E-state index contributed by atoms with van der Waals surface area (Å²) < 4.78 is 26.5. The summed E-state index contributed by atoms with van der Waals surface area (Å²) in [7, 11) is 1.68. The summed E-state index contributed by atoms with van der Waals surface area (Å²) >= 11 is 0. The Bertz CT molecular complexity index is 694. The monoisotopic (exact) mass is 332 g/mol. The molecule has 1 amide bonds. The molecule has 0 aliphatic carbocycles. The molecule has 5 heteroatoms. The molecule has 0 N–H and O–H groups in total. The van der Waals surface area contributed by atoms with Crippen molar-refractivity contribution in [2.75, 3.05) is 11.9 Å². The number of carbonyl (C=O) groups excluding carboxylic acids is 1. The maximum absolute atomic E-state index is 13.3. The number of carbonyl (C=O) groups is 1. The topological polar surface area (TPSA) is 33.2 Å². The molecule has 1 aromatic carbocycles. The quantitative estimate of drug-likeness (QED) is 0.817. The van der Waals surface area contributed by atoms with Gasteiger partial charge >= 0.3 is 0 Å². The van der Waals surface area contributed by atoms with Gasteiger partial charge in [-0.05, 0) is 42.2 Å². The van der Waals surface area contributed by atoms with Crippen LogP contribution in [0.2, 0.25) is 0 Å². The molecule has 1 aromatic heterocycles. The molecule has 0 aliphatic heterocycles. The zero-order chi connectivity index (χ0) is 17.9.